The van der Waals surface area contributed by atoms with Crippen molar-refractivity contribution in [2.45, 2.75) is 59.6 Å². The fraction of sp³-hybridized carbons (Fsp3) is 0.688. The molecule has 0 aliphatic rings. The molecule has 0 amide bonds. The van der Waals surface area contributed by atoms with Crippen molar-refractivity contribution in [1.82, 2.24) is 10.3 Å². The van der Waals surface area contributed by atoms with Crippen LogP contribution in [0.1, 0.15) is 59.1 Å². The lowest BCUT2D eigenvalue weighted by Crippen LogP contribution is -2.27. The van der Waals surface area contributed by atoms with Gasteiger partial charge in [-0.1, -0.05) is 27.2 Å². The van der Waals surface area contributed by atoms with Gasteiger partial charge in [0, 0.05) is 12.2 Å². The molecular weight excluding hydrogens is 236 g/mol. The standard InChI is InChI=1S/C16H28N2O/c1-6-8-13(5)16(18-7-2)14-9-15(11-17-10-14)19-12(3)4/h9-13,16,18H,6-8H2,1-5H3. The average molecular weight is 264 g/mol. The molecule has 0 fully saturated rings. The number of aromatic nitrogens is 1. The molecule has 1 rings (SSSR count). The summed E-state index contributed by atoms with van der Waals surface area (Å²) in [6, 6.07) is 2.47. The predicted molar refractivity (Wildman–Crippen MR) is 80.5 cm³/mol. The van der Waals surface area contributed by atoms with E-state index in [0.717, 1.165) is 12.3 Å². The summed E-state index contributed by atoms with van der Waals surface area (Å²) in [5.41, 5.74) is 1.22. The molecule has 108 valence electrons. The van der Waals surface area contributed by atoms with Gasteiger partial charge in [-0.15, -0.1) is 0 Å². The molecule has 2 atom stereocenters. The Morgan fingerprint density at radius 2 is 1.95 bits per heavy atom. The van der Waals surface area contributed by atoms with Gasteiger partial charge < -0.3 is 10.1 Å². The van der Waals surface area contributed by atoms with Gasteiger partial charge in [0.1, 0.15) is 5.75 Å². The van der Waals surface area contributed by atoms with E-state index in [1.54, 1.807) is 6.20 Å². The summed E-state index contributed by atoms with van der Waals surface area (Å²) < 4.78 is 5.73. The largest absolute Gasteiger partial charge is 0.489 e. The van der Waals surface area contributed by atoms with Gasteiger partial charge in [0.2, 0.25) is 0 Å². The fourth-order valence-corrected chi connectivity index (χ4v) is 2.43. The summed E-state index contributed by atoms with van der Waals surface area (Å²) in [7, 11) is 0. The van der Waals surface area contributed by atoms with E-state index in [9.17, 15) is 0 Å². The van der Waals surface area contributed by atoms with Crippen molar-refractivity contribution in [1.29, 1.82) is 0 Å². The highest BCUT2D eigenvalue weighted by atomic mass is 16.5. The summed E-state index contributed by atoms with van der Waals surface area (Å²) in [5.74, 6) is 1.46. The van der Waals surface area contributed by atoms with Gasteiger partial charge in [0.25, 0.3) is 0 Å². The molecule has 0 aliphatic heterocycles. The van der Waals surface area contributed by atoms with Crippen molar-refractivity contribution in [3.05, 3.63) is 24.0 Å². The second-order valence-electron chi connectivity index (χ2n) is 5.42. The van der Waals surface area contributed by atoms with Crippen molar-refractivity contribution in [2.75, 3.05) is 6.54 Å². The molecule has 0 aliphatic carbocycles. The van der Waals surface area contributed by atoms with Gasteiger partial charge in [-0.05, 0) is 44.4 Å². The van der Waals surface area contributed by atoms with Crippen LogP contribution in [0.25, 0.3) is 0 Å². The van der Waals surface area contributed by atoms with Crippen molar-refractivity contribution >= 4 is 0 Å². The highest BCUT2D eigenvalue weighted by molar-refractivity contribution is 5.26. The third-order valence-electron chi connectivity index (χ3n) is 3.20. The van der Waals surface area contributed by atoms with Gasteiger partial charge >= 0.3 is 0 Å². The van der Waals surface area contributed by atoms with E-state index in [0.29, 0.717) is 12.0 Å². The normalized spacial score (nSPS) is 14.4. The van der Waals surface area contributed by atoms with Crippen molar-refractivity contribution in [3.63, 3.8) is 0 Å². The van der Waals surface area contributed by atoms with Crippen molar-refractivity contribution in [2.24, 2.45) is 5.92 Å². The topological polar surface area (TPSA) is 34.2 Å². The first-order valence-electron chi connectivity index (χ1n) is 7.43. The molecule has 0 saturated carbocycles. The first-order valence-corrected chi connectivity index (χ1v) is 7.43. The molecule has 3 nitrogen and oxygen atoms in total. The van der Waals surface area contributed by atoms with Crippen LogP contribution in [-0.2, 0) is 0 Å². The average Bonchev–Trinajstić information content (AvgIpc) is 2.35. The number of ether oxygens (including phenoxy) is 1. The fourth-order valence-electron chi connectivity index (χ4n) is 2.43. The lowest BCUT2D eigenvalue weighted by molar-refractivity contribution is 0.240. The monoisotopic (exact) mass is 264 g/mol. The van der Waals surface area contributed by atoms with Gasteiger partial charge in [0.05, 0.1) is 12.3 Å². The van der Waals surface area contributed by atoms with Gasteiger partial charge in [-0.25, -0.2) is 0 Å². The molecule has 3 heteroatoms. The Morgan fingerprint density at radius 1 is 1.21 bits per heavy atom. The third kappa shape index (κ3) is 5.19. The first-order chi connectivity index (χ1) is 9.08. The maximum atomic E-state index is 5.73. The zero-order valence-electron chi connectivity index (χ0n) is 12.9. The minimum absolute atomic E-state index is 0.183. The number of hydrogen-bond acceptors (Lipinski definition) is 3. The van der Waals surface area contributed by atoms with Crippen molar-refractivity contribution in [3.8, 4) is 5.75 Å². The SMILES string of the molecule is CCCC(C)C(NCC)c1cncc(OC(C)C)c1. The van der Waals surface area contributed by atoms with Crippen LogP contribution < -0.4 is 10.1 Å². The molecule has 0 saturated heterocycles. The minimum atomic E-state index is 0.183. The highest BCUT2D eigenvalue weighted by Crippen LogP contribution is 2.27. The molecule has 0 radical (unpaired) electrons. The maximum Gasteiger partial charge on any atom is 0.138 e. The number of hydrogen-bond donors (Lipinski definition) is 1. The van der Waals surface area contributed by atoms with Gasteiger partial charge in [0.15, 0.2) is 0 Å². The molecule has 0 bridgehead atoms. The number of nitrogens with zero attached hydrogens (tertiary/aromatic N) is 1. The lowest BCUT2D eigenvalue weighted by atomic mass is 9.92. The van der Waals surface area contributed by atoms with Crippen LogP contribution >= 0.6 is 0 Å². The Morgan fingerprint density at radius 3 is 2.53 bits per heavy atom. The molecule has 1 aromatic heterocycles. The molecular formula is C16H28N2O. The van der Waals surface area contributed by atoms with E-state index in [2.05, 4.69) is 37.1 Å². The first kappa shape index (κ1) is 16.0. The molecule has 1 aromatic rings. The minimum Gasteiger partial charge on any atom is -0.489 e. The van der Waals surface area contributed by atoms with E-state index >= 15 is 0 Å². The summed E-state index contributed by atoms with van der Waals surface area (Å²) in [5, 5.41) is 3.57. The Balaban J connectivity index is 2.88. The van der Waals surface area contributed by atoms with Crippen LogP contribution in [0, 0.1) is 5.92 Å². The summed E-state index contributed by atoms with van der Waals surface area (Å²) in [6.45, 7) is 11.7. The number of pyridine rings is 1. The Hall–Kier alpha value is -1.09. The van der Waals surface area contributed by atoms with Crippen LogP contribution in [0.3, 0.4) is 0 Å². The summed E-state index contributed by atoms with van der Waals surface area (Å²) >= 11 is 0. The van der Waals surface area contributed by atoms with E-state index in [1.165, 1.54) is 18.4 Å². The molecule has 2 unspecified atom stereocenters. The summed E-state index contributed by atoms with van der Waals surface area (Å²) in [6.07, 6.45) is 6.35. The van der Waals surface area contributed by atoms with E-state index in [4.69, 9.17) is 4.74 Å². The molecule has 19 heavy (non-hydrogen) atoms. The third-order valence-corrected chi connectivity index (χ3v) is 3.20. The zero-order chi connectivity index (χ0) is 14.3. The zero-order valence-corrected chi connectivity index (χ0v) is 12.9. The van der Waals surface area contributed by atoms with Gasteiger partial charge in [-0.3, -0.25) is 4.98 Å². The van der Waals surface area contributed by atoms with Crippen LogP contribution in [0.4, 0.5) is 0 Å². The number of rotatable bonds is 8. The maximum absolute atomic E-state index is 5.73. The van der Waals surface area contributed by atoms with Crippen LogP contribution in [0.5, 0.6) is 5.75 Å². The Kier molecular flexibility index (Phi) is 6.85. The van der Waals surface area contributed by atoms with E-state index < -0.39 is 0 Å². The second kappa shape index (κ2) is 8.16. The smallest absolute Gasteiger partial charge is 0.138 e. The van der Waals surface area contributed by atoms with Crippen LogP contribution in [0.15, 0.2) is 18.5 Å². The van der Waals surface area contributed by atoms with Crippen LogP contribution in [-0.4, -0.2) is 17.6 Å². The second-order valence-corrected chi connectivity index (χ2v) is 5.42. The lowest BCUT2D eigenvalue weighted by Gasteiger charge is -2.25. The number of nitrogens with one attached hydrogen (secondary N) is 1. The predicted octanol–water partition coefficient (Wildman–Crippen LogP) is 3.96. The quantitative estimate of drug-likeness (QED) is 0.772. The molecule has 1 heterocycles. The summed E-state index contributed by atoms with van der Waals surface area (Å²) in [4.78, 5) is 4.32. The molecule has 0 aromatic carbocycles. The van der Waals surface area contributed by atoms with E-state index in [-0.39, 0.29) is 6.10 Å². The van der Waals surface area contributed by atoms with Gasteiger partial charge in [-0.2, -0.15) is 0 Å². The molecule has 0 spiro atoms. The Bertz CT molecular complexity index is 366. The highest BCUT2D eigenvalue weighted by Gasteiger charge is 2.18. The van der Waals surface area contributed by atoms with Crippen LogP contribution in [0.2, 0.25) is 0 Å². The van der Waals surface area contributed by atoms with E-state index in [1.807, 2.05) is 20.0 Å². The Labute approximate surface area is 117 Å². The molecule has 1 N–H and O–H groups in total. The van der Waals surface area contributed by atoms with Crippen molar-refractivity contribution < 1.29 is 4.74 Å².